The van der Waals surface area contributed by atoms with Crippen molar-refractivity contribution in [3.05, 3.63) is 41.6 Å². The number of imidazole rings is 2. The summed E-state index contributed by atoms with van der Waals surface area (Å²) in [6, 6.07) is 3.53. The second kappa shape index (κ2) is 4.35. The molecule has 0 amide bonds. The molecule has 0 aliphatic rings. The van der Waals surface area contributed by atoms with Crippen LogP contribution in [-0.4, -0.2) is 25.6 Å². The Balaban J connectivity index is 2.14. The van der Waals surface area contributed by atoms with E-state index in [9.17, 15) is 4.79 Å². The molecule has 0 saturated heterocycles. The number of fused-ring (bicyclic) bond motifs is 1. The summed E-state index contributed by atoms with van der Waals surface area (Å²) in [4.78, 5) is 23.1. The molecule has 3 aromatic heterocycles. The van der Waals surface area contributed by atoms with E-state index < -0.39 is 0 Å². The second-order valence-electron chi connectivity index (χ2n) is 4.48. The Morgan fingerprint density at radius 2 is 2.26 bits per heavy atom. The molecular weight excluding hydrogens is 240 g/mol. The van der Waals surface area contributed by atoms with Crippen molar-refractivity contribution in [2.24, 2.45) is 0 Å². The SMILES string of the molecule is CCc1nc(-c2cn3ccc(C=O)cc3n2)c(C)[nH]1. The molecule has 0 radical (unpaired) electrons. The third kappa shape index (κ3) is 1.93. The first-order valence-electron chi connectivity index (χ1n) is 6.21. The van der Waals surface area contributed by atoms with E-state index in [0.717, 1.165) is 41.3 Å². The van der Waals surface area contributed by atoms with Gasteiger partial charge in [-0.05, 0) is 19.1 Å². The summed E-state index contributed by atoms with van der Waals surface area (Å²) < 4.78 is 1.89. The number of aromatic amines is 1. The molecule has 0 bridgehead atoms. The molecule has 0 aliphatic carbocycles. The normalized spacial score (nSPS) is 11.1. The molecule has 0 aromatic carbocycles. The molecule has 5 heteroatoms. The van der Waals surface area contributed by atoms with Gasteiger partial charge in [-0.2, -0.15) is 0 Å². The van der Waals surface area contributed by atoms with Crippen molar-refractivity contribution >= 4 is 11.9 Å². The van der Waals surface area contributed by atoms with Crippen LogP contribution in [0.3, 0.4) is 0 Å². The van der Waals surface area contributed by atoms with Crippen LogP contribution in [-0.2, 0) is 6.42 Å². The Bertz CT molecular complexity index is 754. The van der Waals surface area contributed by atoms with Gasteiger partial charge in [0, 0.05) is 30.1 Å². The molecule has 0 aliphatic heterocycles. The highest BCUT2D eigenvalue weighted by molar-refractivity contribution is 5.77. The summed E-state index contributed by atoms with van der Waals surface area (Å²) in [6.45, 7) is 4.05. The number of hydrogen-bond donors (Lipinski definition) is 1. The van der Waals surface area contributed by atoms with Crippen molar-refractivity contribution < 1.29 is 4.79 Å². The maximum absolute atomic E-state index is 10.8. The predicted octanol–water partition coefficient (Wildman–Crippen LogP) is 2.41. The van der Waals surface area contributed by atoms with E-state index in [0.29, 0.717) is 5.56 Å². The van der Waals surface area contributed by atoms with Gasteiger partial charge >= 0.3 is 0 Å². The largest absolute Gasteiger partial charge is 0.346 e. The van der Waals surface area contributed by atoms with Crippen LogP contribution in [0.5, 0.6) is 0 Å². The number of rotatable bonds is 3. The van der Waals surface area contributed by atoms with Crippen LogP contribution in [0.4, 0.5) is 0 Å². The van der Waals surface area contributed by atoms with E-state index >= 15 is 0 Å². The van der Waals surface area contributed by atoms with Crippen molar-refractivity contribution in [2.75, 3.05) is 0 Å². The zero-order chi connectivity index (χ0) is 13.4. The first kappa shape index (κ1) is 11.6. The van der Waals surface area contributed by atoms with Crippen molar-refractivity contribution in [1.29, 1.82) is 0 Å². The lowest BCUT2D eigenvalue weighted by Gasteiger charge is -1.91. The van der Waals surface area contributed by atoms with Gasteiger partial charge in [0.1, 0.15) is 29.1 Å². The Hall–Kier alpha value is -2.43. The molecule has 0 atom stereocenters. The van der Waals surface area contributed by atoms with E-state index in [2.05, 4.69) is 21.9 Å². The number of hydrogen-bond acceptors (Lipinski definition) is 3. The molecule has 0 spiro atoms. The summed E-state index contributed by atoms with van der Waals surface area (Å²) in [6.07, 6.45) is 5.44. The number of nitrogens with one attached hydrogen (secondary N) is 1. The van der Waals surface area contributed by atoms with Crippen molar-refractivity contribution in [3.63, 3.8) is 0 Å². The van der Waals surface area contributed by atoms with Crippen LogP contribution in [0.15, 0.2) is 24.5 Å². The summed E-state index contributed by atoms with van der Waals surface area (Å²) in [7, 11) is 0. The smallest absolute Gasteiger partial charge is 0.150 e. The fraction of sp³-hybridized carbons (Fsp3) is 0.214. The number of aryl methyl sites for hydroxylation is 2. The lowest BCUT2D eigenvalue weighted by Crippen LogP contribution is -1.85. The van der Waals surface area contributed by atoms with Crippen LogP contribution in [0.2, 0.25) is 0 Å². The Labute approximate surface area is 110 Å². The van der Waals surface area contributed by atoms with Crippen molar-refractivity contribution in [2.45, 2.75) is 20.3 Å². The maximum Gasteiger partial charge on any atom is 0.150 e. The fourth-order valence-electron chi connectivity index (χ4n) is 2.12. The van der Waals surface area contributed by atoms with Gasteiger partial charge in [-0.25, -0.2) is 9.97 Å². The predicted molar refractivity (Wildman–Crippen MR) is 72.3 cm³/mol. The summed E-state index contributed by atoms with van der Waals surface area (Å²) in [5, 5.41) is 0. The first-order valence-corrected chi connectivity index (χ1v) is 6.21. The van der Waals surface area contributed by atoms with Crippen molar-refractivity contribution in [3.8, 4) is 11.4 Å². The molecule has 5 nitrogen and oxygen atoms in total. The number of H-pyrrole nitrogens is 1. The Morgan fingerprint density at radius 1 is 1.42 bits per heavy atom. The molecule has 3 heterocycles. The molecule has 96 valence electrons. The number of aldehydes is 1. The molecule has 1 N–H and O–H groups in total. The number of pyridine rings is 1. The van der Waals surface area contributed by atoms with Gasteiger partial charge in [-0.15, -0.1) is 0 Å². The number of nitrogens with zero attached hydrogens (tertiary/aromatic N) is 3. The first-order chi connectivity index (χ1) is 9.21. The van der Waals surface area contributed by atoms with E-state index in [4.69, 9.17) is 0 Å². The van der Waals surface area contributed by atoms with Crippen LogP contribution in [0.1, 0.15) is 28.8 Å². The third-order valence-corrected chi connectivity index (χ3v) is 3.13. The second-order valence-corrected chi connectivity index (χ2v) is 4.48. The van der Waals surface area contributed by atoms with Gasteiger partial charge in [-0.3, -0.25) is 4.79 Å². The van der Waals surface area contributed by atoms with E-state index in [1.165, 1.54) is 0 Å². The summed E-state index contributed by atoms with van der Waals surface area (Å²) in [5.74, 6) is 0.957. The van der Waals surface area contributed by atoms with Crippen LogP contribution in [0, 0.1) is 6.92 Å². The highest BCUT2D eigenvalue weighted by atomic mass is 16.1. The molecule has 19 heavy (non-hydrogen) atoms. The molecule has 0 saturated carbocycles. The highest BCUT2D eigenvalue weighted by Gasteiger charge is 2.12. The monoisotopic (exact) mass is 254 g/mol. The van der Waals surface area contributed by atoms with E-state index in [1.54, 1.807) is 12.1 Å². The minimum Gasteiger partial charge on any atom is -0.346 e. The van der Waals surface area contributed by atoms with Crippen LogP contribution in [0.25, 0.3) is 17.0 Å². The highest BCUT2D eigenvalue weighted by Crippen LogP contribution is 2.21. The topological polar surface area (TPSA) is 63.1 Å². The maximum atomic E-state index is 10.8. The lowest BCUT2D eigenvalue weighted by atomic mass is 10.3. The van der Waals surface area contributed by atoms with Gasteiger partial charge in [0.05, 0.1) is 0 Å². The van der Waals surface area contributed by atoms with Gasteiger partial charge in [-0.1, -0.05) is 6.92 Å². The number of carbonyl (C=O) groups is 1. The van der Waals surface area contributed by atoms with Crippen LogP contribution >= 0.6 is 0 Å². The molecule has 0 unspecified atom stereocenters. The number of aromatic nitrogens is 4. The molecule has 0 fully saturated rings. The van der Waals surface area contributed by atoms with E-state index in [-0.39, 0.29) is 0 Å². The summed E-state index contributed by atoms with van der Waals surface area (Å²) in [5.41, 5.74) is 4.07. The average molecular weight is 254 g/mol. The molecular formula is C14H14N4O. The lowest BCUT2D eigenvalue weighted by molar-refractivity contribution is 0.112. The van der Waals surface area contributed by atoms with Gasteiger partial charge in [0.15, 0.2) is 0 Å². The average Bonchev–Trinajstić information content (AvgIpc) is 3.00. The van der Waals surface area contributed by atoms with E-state index in [1.807, 2.05) is 23.7 Å². The third-order valence-electron chi connectivity index (χ3n) is 3.13. The van der Waals surface area contributed by atoms with Gasteiger partial charge in [0.2, 0.25) is 0 Å². The fourth-order valence-corrected chi connectivity index (χ4v) is 2.12. The Morgan fingerprint density at radius 3 is 2.95 bits per heavy atom. The van der Waals surface area contributed by atoms with Gasteiger partial charge in [0.25, 0.3) is 0 Å². The zero-order valence-electron chi connectivity index (χ0n) is 10.8. The van der Waals surface area contributed by atoms with Crippen LogP contribution < -0.4 is 0 Å². The molecule has 3 aromatic rings. The summed E-state index contributed by atoms with van der Waals surface area (Å²) >= 11 is 0. The minimum absolute atomic E-state index is 0.623. The zero-order valence-corrected chi connectivity index (χ0v) is 10.8. The number of carbonyl (C=O) groups excluding carboxylic acids is 1. The standard InChI is InChI=1S/C14H14N4O/c1-3-12-15-9(2)14(17-12)11-7-18-5-4-10(8-19)6-13(18)16-11/h4-8H,3H2,1-2H3,(H,15,17). The van der Waals surface area contributed by atoms with Gasteiger partial charge < -0.3 is 9.38 Å². The van der Waals surface area contributed by atoms with Crippen molar-refractivity contribution in [1.82, 2.24) is 19.4 Å². The molecule has 3 rings (SSSR count). The quantitative estimate of drug-likeness (QED) is 0.730. The minimum atomic E-state index is 0.623. The Kier molecular flexibility index (Phi) is 2.67.